The summed E-state index contributed by atoms with van der Waals surface area (Å²) in [5, 5.41) is 12.7. The number of hydrogen-bond acceptors (Lipinski definition) is 4. The zero-order valence-corrected chi connectivity index (χ0v) is 18.5. The molecule has 166 valence electrons. The van der Waals surface area contributed by atoms with Gasteiger partial charge in [0.15, 0.2) is 0 Å². The van der Waals surface area contributed by atoms with Gasteiger partial charge in [-0.05, 0) is 84.6 Å². The molecule has 5 nitrogen and oxygen atoms in total. The van der Waals surface area contributed by atoms with Crippen molar-refractivity contribution < 1.29 is 18.7 Å². The Kier molecular flexibility index (Phi) is 7.96. The molecule has 7 heteroatoms. The number of benzene rings is 3. The first kappa shape index (κ1) is 23.7. The van der Waals surface area contributed by atoms with Gasteiger partial charge in [-0.15, -0.1) is 0 Å². The van der Waals surface area contributed by atoms with Gasteiger partial charge in [0.1, 0.15) is 17.5 Å². The highest BCUT2D eigenvalue weighted by molar-refractivity contribution is 6.30. The first-order valence-electron chi connectivity index (χ1n) is 10.1. The van der Waals surface area contributed by atoms with E-state index in [2.05, 4.69) is 5.32 Å². The predicted octanol–water partition coefficient (Wildman–Crippen LogP) is 5.79. The molecule has 3 aromatic carbocycles. The molecule has 3 rings (SSSR count). The molecule has 1 amide bonds. The molecular formula is C26H20ClFN2O3. The number of halogens is 2. The molecule has 0 aromatic heterocycles. The highest BCUT2D eigenvalue weighted by Gasteiger charge is 2.13. The second kappa shape index (κ2) is 11.1. The van der Waals surface area contributed by atoms with Crippen molar-refractivity contribution in [2.24, 2.45) is 0 Å². The van der Waals surface area contributed by atoms with Crippen LogP contribution in [0.5, 0.6) is 0 Å². The molecule has 0 atom stereocenters. The fourth-order valence-electron chi connectivity index (χ4n) is 3.13. The average molecular weight is 463 g/mol. The highest BCUT2D eigenvalue weighted by atomic mass is 35.5. The lowest BCUT2D eigenvalue weighted by Crippen LogP contribution is -2.14. The first-order chi connectivity index (χ1) is 15.9. The van der Waals surface area contributed by atoms with E-state index in [9.17, 15) is 19.2 Å². The molecule has 0 bridgehead atoms. The van der Waals surface area contributed by atoms with Crippen molar-refractivity contribution in [2.75, 3.05) is 11.9 Å². The summed E-state index contributed by atoms with van der Waals surface area (Å²) in [7, 11) is 0. The number of carbonyl (C=O) groups excluding carboxylic acids is 2. The van der Waals surface area contributed by atoms with Gasteiger partial charge in [-0.2, -0.15) is 5.26 Å². The summed E-state index contributed by atoms with van der Waals surface area (Å²) in [6, 6.07) is 19.4. The smallest absolute Gasteiger partial charge is 0.338 e. The van der Waals surface area contributed by atoms with Crippen LogP contribution in [0.15, 0.2) is 72.3 Å². The Balaban J connectivity index is 1.82. The van der Waals surface area contributed by atoms with Crippen LogP contribution < -0.4 is 5.32 Å². The van der Waals surface area contributed by atoms with E-state index in [0.717, 1.165) is 11.1 Å². The van der Waals surface area contributed by atoms with Crippen molar-refractivity contribution in [1.29, 1.82) is 5.26 Å². The van der Waals surface area contributed by atoms with E-state index in [1.165, 1.54) is 30.3 Å². The van der Waals surface area contributed by atoms with Crippen molar-refractivity contribution in [3.63, 3.8) is 0 Å². The Bertz CT molecular complexity index is 1250. The van der Waals surface area contributed by atoms with Crippen molar-refractivity contribution in [3.8, 4) is 6.07 Å². The summed E-state index contributed by atoms with van der Waals surface area (Å²) in [4.78, 5) is 24.4. The third-order valence-electron chi connectivity index (χ3n) is 4.71. The molecule has 0 heterocycles. The molecule has 0 radical (unpaired) electrons. The van der Waals surface area contributed by atoms with Crippen LogP contribution in [0.3, 0.4) is 0 Å². The van der Waals surface area contributed by atoms with Crippen LogP contribution in [0.4, 0.5) is 10.1 Å². The summed E-state index contributed by atoms with van der Waals surface area (Å²) in [5.74, 6) is -1.41. The molecule has 0 saturated carbocycles. The third-order valence-corrected chi connectivity index (χ3v) is 4.95. The fourth-order valence-corrected chi connectivity index (χ4v) is 3.32. The van der Waals surface area contributed by atoms with Crippen molar-refractivity contribution in [2.45, 2.75) is 13.3 Å². The number of nitrogens with one attached hydrogen (secondary N) is 1. The van der Waals surface area contributed by atoms with Crippen LogP contribution in [-0.2, 0) is 16.0 Å². The van der Waals surface area contributed by atoms with E-state index < -0.39 is 11.9 Å². The fraction of sp³-hybridized carbons (Fsp3) is 0.115. The summed E-state index contributed by atoms with van der Waals surface area (Å²) in [6.07, 6.45) is 1.85. The van der Waals surface area contributed by atoms with Gasteiger partial charge in [-0.3, -0.25) is 4.79 Å². The average Bonchev–Trinajstić information content (AvgIpc) is 2.79. The van der Waals surface area contributed by atoms with E-state index in [1.54, 1.807) is 49.4 Å². The van der Waals surface area contributed by atoms with Crippen LogP contribution in [0.25, 0.3) is 6.08 Å². The minimum Gasteiger partial charge on any atom is -0.462 e. The van der Waals surface area contributed by atoms with Gasteiger partial charge in [0, 0.05) is 10.7 Å². The zero-order valence-electron chi connectivity index (χ0n) is 17.8. The summed E-state index contributed by atoms with van der Waals surface area (Å²) in [5.41, 5.74) is 2.75. The number of anilines is 1. The monoisotopic (exact) mass is 462 g/mol. The van der Waals surface area contributed by atoms with Gasteiger partial charge in [0.2, 0.25) is 0 Å². The second-order valence-electron chi connectivity index (χ2n) is 7.07. The Morgan fingerprint density at radius 3 is 2.55 bits per heavy atom. The van der Waals surface area contributed by atoms with Gasteiger partial charge >= 0.3 is 5.97 Å². The molecule has 0 spiro atoms. The normalized spacial score (nSPS) is 10.9. The quantitative estimate of drug-likeness (QED) is 0.274. The van der Waals surface area contributed by atoms with Gasteiger partial charge in [-0.25, -0.2) is 9.18 Å². The third kappa shape index (κ3) is 6.52. The topological polar surface area (TPSA) is 79.2 Å². The van der Waals surface area contributed by atoms with Crippen LogP contribution in [0.2, 0.25) is 5.02 Å². The zero-order chi connectivity index (χ0) is 23.8. The maximum Gasteiger partial charge on any atom is 0.338 e. The number of esters is 1. The van der Waals surface area contributed by atoms with E-state index in [-0.39, 0.29) is 18.0 Å². The Labute approximate surface area is 196 Å². The number of amides is 1. The predicted molar refractivity (Wildman–Crippen MR) is 125 cm³/mol. The Morgan fingerprint density at radius 2 is 1.88 bits per heavy atom. The number of nitriles is 1. The number of hydrogen-bond donors (Lipinski definition) is 1. The number of nitrogens with zero attached hydrogens (tertiary/aromatic N) is 1. The lowest BCUT2D eigenvalue weighted by Gasteiger charge is -2.09. The maximum absolute atomic E-state index is 13.6. The van der Waals surface area contributed by atoms with Gasteiger partial charge < -0.3 is 10.1 Å². The molecule has 0 unspecified atom stereocenters. The molecular weight excluding hydrogens is 443 g/mol. The molecule has 0 aliphatic heterocycles. The van der Waals surface area contributed by atoms with Gasteiger partial charge in [-0.1, -0.05) is 29.8 Å². The van der Waals surface area contributed by atoms with Gasteiger partial charge in [0.05, 0.1) is 12.2 Å². The molecule has 0 fully saturated rings. The SMILES string of the molecule is CCOC(=O)c1ccc(NC(=O)/C(C#N)=C/c2cc(Cl)ccc2Cc2cccc(F)c2)cc1. The van der Waals surface area contributed by atoms with Crippen molar-refractivity contribution in [3.05, 3.63) is 105 Å². The minimum absolute atomic E-state index is 0.132. The first-order valence-corrected chi connectivity index (χ1v) is 10.5. The lowest BCUT2D eigenvalue weighted by molar-refractivity contribution is -0.112. The van der Waals surface area contributed by atoms with E-state index in [4.69, 9.17) is 16.3 Å². The molecule has 0 saturated heterocycles. The molecule has 3 aromatic rings. The molecule has 33 heavy (non-hydrogen) atoms. The highest BCUT2D eigenvalue weighted by Crippen LogP contribution is 2.23. The van der Waals surface area contributed by atoms with Crippen molar-refractivity contribution >= 4 is 35.2 Å². The summed E-state index contributed by atoms with van der Waals surface area (Å²) >= 11 is 6.13. The summed E-state index contributed by atoms with van der Waals surface area (Å²) < 4.78 is 18.5. The van der Waals surface area contributed by atoms with Gasteiger partial charge in [0.25, 0.3) is 5.91 Å². The Hall–Kier alpha value is -3.95. The molecule has 0 aliphatic rings. The molecule has 1 N–H and O–H groups in total. The van der Waals surface area contributed by atoms with E-state index >= 15 is 0 Å². The number of ether oxygens (including phenoxy) is 1. The van der Waals surface area contributed by atoms with Crippen molar-refractivity contribution in [1.82, 2.24) is 0 Å². The van der Waals surface area contributed by atoms with Crippen LogP contribution in [-0.4, -0.2) is 18.5 Å². The summed E-state index contributed by atoms with van der Waals surface area (Å²) in [6.45, 7) is 1.98. The standard InChI is InChI=1S/C26H20ClFN2O3/c1-2-33-26(32)18-7-10-24(11-8-18)30-25(31)21(16-29)14-20-15-22(27)9-6-19(20)12-17-4-3-5-23(28)13-17/h3-11,13-15H,2,12H2,1H3,(H,30,31)/b21-14+. The van der Waals surface area contributed by atoms with E-state index in [0.29, 0.717) is 28.3 Å². The number of carbonyl (C=O) groups is 2. The Morgan fingerprint density at radius 1 is 1.12 bits per heavy atom. The second-order valence-corrected chi connectivity index (χ2v) is 7.51. The molecule has 0 aliphatic carbocycles. The lowest BCUT2D eigenvalue weighted by atomic mass is 9.98. The number of rotatable bonds is 7. The van der Waals surface area contributed by atoms with E-state index in [1.807, 2.05) is 6.07 Å². The minimum atomic E-state index is -0.613. The van der Waals surface area contributed by atoms with Crippen LogP contribution in [0.1, 0.15) is 34.0 Å². The van der Waals surface area contributed by atoms with Crippen LogP contribution >= 0.6 is 11.6 Å². The maximum atomic E-state index is 13.6. The largest absolute Gasteiger partial charge is 0.462 e. The van der Waals surface area contributed by atoms with Crippen LogP contribution in [0, 0.1) is 17.1 Å².